The molecular formula is C18H22O2. The van der Waals surface area contributed by atoms with Gasteiger partial charge in [0.1, 0.15) is 6.10 Å². The van der Waals surface area contributed by atoms with Crippen molar-refractivity contribution in [2.24, 2.45) is 0 Å². The Morgan fingerprint density at radius 1 is 0.900 bits per heavy atom. The average Bonchev–Trinajstić information content (AvgIpc) is 2.53. The number of methoxy groups -OCH3 is 1. The molecule has 2 aromatic rings. The van der Waals surface area contributed by atoms with E-state index in [4.69, 9.17) is 4.74 Å². The van der Waals surface area contributed by atoms with E-state index >= 15 is 0 Å². The minimum Gasteiger partial charge on any atom is -0.384 e. The monoisotopic (exact) mass is 270 g/mol. The molecule has 0 aliphatic rings. The van der Waals surface area contributed by atoms with Crippen LogP contribution in [0.3, 0.4) is 0 Å². The van der Waals surface area contributed by atoms with Crippen LogP contribution in [0.2, 0.25) is 0 Å². The smallest absolute Gasteiger partial charge is 0.104 e. The zero-order valence-electron chi connectivity index (χ0n) is 12.2. The van der Waals surface area contributed by atoms with Gasteiger partial charge in [-0.15, -0.1) is 0 Å². The first kappa shape index (κ1) is 14.8. The predicted octanol–water partition coefficient (Wildman–Crippen LogP) is 3.52. The molecule has 0 aliphatic heterocycles. The second kappa shape index (κ2) is 7.22. The molecule has 0 saturated carbocycles. The average molecular weight is 270 g/mol. The Balaban J connectivity index is 2.09. The van der Waals surface area contributed by atoms with E-state index in [1.54, 1.807) is 7.11 Å². The Kier molecular flexibility index (Phi) is 5.33. The first-order valence-electron chi connectivity index (χ1n) is 7.09. The minimum absolute atomic E-state index is 0.558. The van der Waals surface area contributed by atoms with Gasteiger partial charge in [0, 0.05) is 7.11 Å². The summed E-state index contributed by atoms with van der Waals surface area (Å²) < 4.78 is 5.07. The standard InChI is InChI=1S/C18H22O2/c1-3-14-4-8-16(9-5-14)18(19)17-10-6-15(7-11-17)12-13-20-2/h4-11,18-19H,3,12-13H2,1-2H3. The highest BCUT2D eigenvalue weighted by molar-refractivity contribution is 5.33. The van der Waals surface area contributed by atoms with Crippen molar-refractivity contribution in [2.75, 3.05) is 13.7 Å². The quantitative estimate of drug-likeness (QED) is 0.870. The molecule has 0 radical (unpaired) electrons. The second-order valence-corrected chi connectivity index (χ2v) is 4.98. The summed E-state index contributed by atoms with van der Waals surface area (Å²) in [6, 6.07) is 16.2. The van der Waals surface area contributed by atoms with E-state index in [0.717, 1.165) is 30.6 Å². The van der Waals surface area contributed by atoms with Gasteiger partial charge in [-0.1, -0.05) is 55.5 Å². The topological polar surface area (TPSA) is 29.5 Å². The fraction of sp³-hybridized carbons (Fsp3) is 0.333. The van der Waals surface area contributed by atoms with Crippen molar-refractivity contribution in [3.05, 3.63) is 70.8 Å². The van der Waals surface area contributed by atoms with Gasteiger partial charge in [-0.05, 0) is 35.1 Å². The molecule has 0 aromatic heterocycles. The number of hydrogen-bond acceptors (Lipinski definition) is 2. The van der Waals surface area contributed by atoms with E-state index in [1.807, 2.05) is 24.3 Å². The molecule has 2 nitrogen and oxygen atoms in total. The first-order chi connectivity index (χ1) is 9.74. The van der Waals surface area contributed by atoms with E-state index in [0.29, 0.717) is 0 Å². The number of benzene rings is 2. The molecule has 1 atom stereocenters. The largest absolute Gasteiger partial charge is 0.384 e. The molecule has 2 aromatic carbocycles. The Morgan fingerprint density at radius 3 is 1.85 bits per heavy atom. The molecule has 0 bridgehead atoms. The highest BCUT2D eigenvalue weighted by Crippen LogP contribution is 2.22. The third-order valence-corrected chi connectivity index (χ3v) is 3.59. The Hall–Kier alpha value is -1.64. The number of aryl methyl sites for hydroxylation is 1. The van der Waals surface area contributed by atoms with Crippen molar-refractivity contribution in [3.63, 3.8) is 0 Å². The molecule has 2 rings (SSSR count). The Bertz CT molecular complexity index is 514. The fourth-order valence-corrected chi connectivity index (χ4v) is 2.21. The first-order valence-corrected chi connectivity index (χ1v) is 7.09. The molecule has 0 amide bonds. The molecule has 0 aliphatic carbocycles. The summed E-state index contributed by atoms with van der Waals surface area (Å²) in [6.07, 6.45) is 1.36. The van der Waals surface area contributed by atoms with Crippen LogP contribution in [0.25, 0.3) is 0 Å². The van der Waals surface area contributed by atoms with Crippen LogP contribution < -0.4 is 0 Å². The van der Waals surface area contributed by atoms with Crippen LogP contribution in [-0.4, -0.2) is 18.8 Å². The Labute approximate surface area is 121 Å². The molecule has 0 fully saturated rings. The molecule has 1 N–H and O–H groups in total. The lowest BCUT2D eigenvalue weighted by Gasteiger charge is -2.12. The van der Waals surface area contributed by atoms with Crippen molar-refractivity contribution in [3.8, 4) is 0 Å². The van der Waals surface area contributed by atoms with Crippen LogP contribution in [0.1, 0.15) is 35.3 Å². The van der Waals surface area contributed by atoms with Crippen molar-refractivity contribution in [1.82, 2.24) is 0 Å². The third-order valence-electron chi connectivity index (χ3n) is 3.59. The van der Waals surface area contributed by atoms with Crippen LogP contribution >= 0.6 is 0 Å². The molecule has 2 heteroatoms. The highest BCUT2D eigenvalue weighted by atomic mass is 16.5. The maximum atomic E-state index is 10.4. The number of rotatable bonds is 6. The van der Waals surface area contributed by atoms with Crippen LogP contribution in [0, 0.1) is 0 Å². The highest BCUT2D eigenvalue weighted by Gasteiger charge is 2.10. The SMILES string of the molecule is CCc1ccc(C(O)c2ccc(CCOC)cc2)cc1. The maximum absolute atomic E-state index is 10.4. The molecule has 0 saturated heterocycles. The zero-order chi connectivity index (χ0) is 14.4. The van der Waals surface area contributed by atoms with Gasteiger partial charge in [0.2, 0.25) is 0 Å². The summed E-state index contributed by atoms with van der Waals surface area (Å²) in [7, 11) is 1.71. The van der Waals surface area contributed by atoms with Gasteiger partial charge in [0.25, 0.3) is 0 Å². The van der Waals surface area contributed by atoms with Gasteiger partial charge >= 0.3 is 0 Å². The molecule has 0 heterocycles. The van der Waals surface area contributed by atoms with Crippen molar-refractivity contribution in [1.29, 1.82) is 0 Å². The normalized spacial score (nSPS) is 12.3. The van der Waals surface area contributed by atoms with Gasteiger partial charge in [-0.2, -0.15) is 0 Å². The van der Waals surface area contributed by atoms with Crippen molar-refractivity contribution in [2.45, 2.75) is 25.9 Å². The van der Waals surface area contributed by atoms with E-state index < -0.39 is 6.10 Å². The van der Waals surface area contributed by atoms with Gasteiger partial charge in [-0.3, -0.25) is 0 Å². The molecule has 1 unspecified atom stereocenters. The van der Waals surface area contributed by atoms with E-state index in [9.17, 15) is 5.11 Å². The summed E-state index contributed by atoms with van der Waals surface area (Å²) in [5, 5.41) is 10.4. The summed E-state index contributed by atoms with van der Waals surface area (Å²) in [5.41, 5.74) is 4.38. The fourth-order valence-electron chi connectivity index (χ4n) is 2.21. The molecule has 20 heavy (non-hydrogen) atoms. The number of aliphatic hydroxyl groups is 1. The summed E-state index contributed by atoms with van der Waals surface area (Å²) >= 11 is 0. The predicted molar refractivity (Wildman–Crippen MR) is 81.9 cm³/mol. The van der Waals surface area contributed by atoms with Crippen molar-refractivity contribution < 1.29 is 9.84 Å². The third kappa shape index (κ3) is 3.69. The molecule has 106 valence electrons. The minimum atomic E-state index is -0.558. The van der Waals surface area contributed by atoms with E-state index in [-0.39, 0.29) is 0 Å². The lowest BCUT2D eigenvalue weighted by Crippen LogP contribution is -2.01. The van der Waals surface area contributed by atoms with Crippen molar-refractivity contribution >= 4 is 0 Å². The van der Waals surface area contributed by atoms with Gasteiger partial charge < -0.3 is 9.84 Å². The summed E-state index contributed by atoms with van der Waals surface area (Å²) in [6.45, 7) is 2.85. The Morgan fingerprint density at radius 2 is 1.40 bits per heavy atom. The number of aliphatic hydroxyl groups excluding tert-OH is 1. The number of hydrogen-bond donors (Lipinski definition) is 1. The van der Waals surface area contributed by atoms with Crippen LogP contribution in [0.15, 0.2) is 48.5 Å². The molecular weight excluding hydrogens is 248 g/mol. The second-order valence-electron chi connectivity index (χ2n) is 4.98. The van der Waals surface area contributed by atoms with Gasteiger partial charge in [0.15, 0.2) is 0 Å². The lowest BCUT2D eigenvalue weighted by molar-refractivity contribution is 0.202. The lowest BCUT2D eigenvalue weighted by atomic mass is 9.98. The van der Waals surface area contributed by atoms with Gasteiger partial charge in [0.05, 0.1) is 6.61 Å². The van der Waals surface area contributed by atoms with E-state index in [1.165, 1.54) is 11.1 Å². The van der Waals surface area contributed by atoms with Gasteiger partial charge in [-0.25, -0.2) is 0 Å². The van der Waals surface area contributed by atoms with Crippen LogP contribution in [-0.2, 0) is 17.6 Å². The molecule has 0 spiro atoms. The number of ether oxygens (including phenoxy) is 1. The van der Waals surface area contributed by atoms with Crippen LogP contribution in [0.4, 0.5) is 0 Å². The summed E-state index contributed by atoms with van der Waals surface area (Å²) in [4.78, 5) is 0. The summed E-state index contributed by atoms with van der Waals surface area (Å²) in [5.74, 6) is 0. The maximum Gasteiger partial charge on any atom is 0.104 e. The zero-order valence-corrected chi connectivity index (χ0v) is 12.2. The van der Waals surface area contributed by atoms with E-state index in [2.05, 4.69) is 31.2 Å². The van der Waals surface area contributed by atoms with Crippen LogP contribution in [0.5, 0.6) is 0 Å².